The Morgan fingerprint density at radius 1 is 0.815 bits per heavy atom. The predicted molar refractivity (Wildman–Crippen MR) is 122 cm³/mol. The van der Waals surface area contributed by atoms with E-state index in [0.29, 0.717) is 0 Å². The third-order valence-electron chi connectivity index (χ3n) is 4.16. The molecule has 0 aliphatic rings. The molecular formula is C22H37N5. The predicted octanol–water partition coefficient (Wildman–Crippen LogP) is 4.34. The maximum atomic E-state index is 5.69. The summed E-state index contributed by atoms with van der Waals surface area (Å²) in [4.78, 5) is 2.19. The fourth-order valence-corrected chi connectivity index (χ4v) is 2.65. The van der Waals surface area contributed by atoms with Gasteiger partial charge in [-0.3, -0.25) is 0 Å². The molecule has 0 radical (unpaired) electrons. The Morgan fingerprint density at radius 3 is 1.70 bits per heavy atom. The lowest BCUT2D eigenvalue weighted by Crippen LogP contribution is -2.16. The van der Waals surface area contributed by atoms with E-state index in [1.54, 1.807) is 0 Å². The van der Waals surface area contributed by atoms with Crippen LogP contribution in [0.25, 0.3) is 0 Å². The van der Waals surface area contributed by atoms with Crippen molar-refractivity contribution in [2.45, 2.75) is 33.6 Å². The van der Waals surface area contributed by atoms with Crippen molar-refractivity contribution in [3.8, 4) is 0 Å². The van der Waals surface area contributed by atoms with Crippen LogP contribution in [0.4, 0.5) is 22.7 Å². The monoisotopic (exact) mass is 371 g/mol. The Bertz CT molecular complexity index is 682. The van der Waals surface area contributed by atoms with Gasteiger partial charge in [-0.05, 0) is 94.9 Å². The summed E-state index contributed by atoms with van der Waals surface area (Å²) < 4.78 is 0. The van der Waals surface area contributed by atoms with Gasteiger partial charge in [0, 0.05) is 35.8 Å². The minimum atomic E-state index is 0.825. The van der Waals surface area contributed by atoms with Gasteiger partial charge >= 0.3 is 0 Å². The van der Waals surface area contributed by atoms with Crippen molar-refractivity contribution in [1.82, 2.24) is 4.90 Å². The molecule has 0 saturated carbocycles. The summed E-state index contributed by atoms with van der Waals surface area (Å²) in [5.41, 5.74) is 17.8. The Hall–Kier alpha value is -2.40. The van der Waals surface area contributed by atoms with Crippen molar-refractivity contribution in [3.05, 3.63) is 47.5 Å². The summed E-state index contributed by atoms with van der Waals surface area (Å²) in [6, 6.07) is 11.9. The summed E-state index contributed by atoms with van der Waals surface area (Å²) in [5, 5.41) is 6.75. The van der Waals surface area contributed by atoms with Crippen molar-refractivity contribution in [1.29, 1.82) is 0 Å². The third-order valence-corrected chi connectivity index (χ3v) is 4.16. The van der Waals surface area contributed by atoms with E-state index in [0.717, 1.165) is 43.9 Å². The van der Waals surface area contributed by atoms with Crippen LogP contribution in [0.5, 0.6) is 0 Å². The maximum absolute atomic E-state index is 5.69. The van der Waals surface area contributed by atoms with Crippen molar-refractivity contribution in [3.63, 3.8) is 0 Å². The molecule has 150 valence electrons. The summed E-state index contributed by atoms with van der Waals surface area (Å²) in [6.07, 6.45) is 2.29. The molecule has 0 aromatic heterocycles. The van der Waals surface area contributed by atoms with Crippen LogP contribution in [0, 0.1) is 13.8 Å². The van der Waals surface area contributed by atoms with Gasteiger partial charge in [0.2, 0.25) is 0 Å². The molecule has 2 aromatic rings. The minimum absolute atomic E-state index is 0.825. The Kier molecular flexibility index (Phi) is 10.1. The van der Waals surface area contributed by atoms with Gasteiger partial charge in [-0.2, -0.15) is 0 Å². The SMILES string of the molecule is CCCNc1ccc(N)cc1C.Cc1cc(N)ccc1NCCCN(C)C. The molecule has 0 aliphatic heterocycles. The average molecular weight is 372 g/mol. The highest BCUT2D eigenvalue weighted by molar-refractivity contribution is 5.58. The smallest absolute Gasteiger partial charge is 0.0371 e. The molecule has 0 atom stereocenters. The summed E-state index contributed by atoms with van der Waals surface area (Å²) in [5.74, 6) is 0. The molecule has 0 aliphatic carbocycles. The van der Waals surface area contributed by atoms with E-state index in [2.05, 4.69) is 50.4 Å². The van der Waals surface area contributed by atoms with Crippen LogP contribution >= 0.6 is 0 Å². The zero-order chi connectivity index (χ0) is 20.2. The fourth-order valence-electron chi connectivity index (χ4n) is 2.65. The Balaban J connectivity index is 0.000000277. The van der Waals surface area contributed by atoms with Gasteiger partial charge in [0.15, 0.2) is 0 Å². The second-order valence-electron chi connectivity index (χ2n) is 7.16. The Morgan fingerprint density at radius 2 is 1.30 bits per heavy atom. The number of nitrogen functional groups attached to an aromatic ring is 2. The maximum Gasteiger partial charge on any atom is 0.0371 e. The van der Waals surface area contributed by atoms with E-state index in [4.69, 9.17) is 11.5 Å². The van der Waals surface area contributed by atoms with Gasteiger partial charge in [0.05, 0.1) is 0 Å². The van der Waals surface area contributed by atoms with Crippen LogP contribution < -0.4 is 22.1 Å². The molecule has 2 aromatic carbocycles. The third kappa shape index (κ3) is 9.20. The first kappa shape index (κ1) is 22.6. The van der Waals surface area contributed by atoms with Gasteiger partial charge in [-0.15, -0.1) is 0 Å². The molecular weight excluding hydrogens is 334 g/mol. The first-order valence-electron chi connectivity index (χ1n) is 9.68. The van der Waals surface area contributed by atoms with E-state index in [-0.39, 0.29) is 0 Å². The van der Waals surface area contributed by atoms with Gasteiger partial charge < -0.3 is 27.0 Å². The van der Waals surface area contributed by atoms with Crippen molar-refractivity contribution >= 4 is 22.7 Å². The fraction of sp³-hybridized carbons (Fsp3) is 0.455. The summed E-state index contributed by atoms with van der Waals surface area (Å²) in [7, 11) is 4.18. The Labute approximate surface area is 165 Å². The average Bonchev–Trinajstić information content (AvgIpc) is 2.60. The molecule has 0 bridgehead atoms. The molecule has 0 spiro atoms. The van der Waals surface area contributed by atoms with E-state index in [9.17, 15) is 0 Å². The van der Waals surface area contributed by atoms with Crippen molar-refractivity contribution in [2.24, 2.45) is 0 Å². The molecule has 5 heteroatoms. The zero-order valence-corrected chi connectivity index (χ0v) is 17.6. The molecule has 0 unspecified atom stereocenters. The summed E-state index contributed by atoms with van der Waals surface area (Å²) >= 11 is 0. The molecule has 0 amide bonds. The minimum Gasteiger partial charge on any atom is -0.399 e. The van der Waals surface area contributed by atoms with Crippen molar-refractivity contribution in [2.75, 3.05) is 55.8 Å². The van der Waals surface area contributed by atoms with Crippen LogP contribution in [-0.2, 0) is 0 Å². The molecule has 0 heterocycles. The lowest BCUT2D eigenvalue weighted by Gasteiger charge is -2.12. The van der Waals surface area contributed by atoms with Crippen LogP contribution in [-0.4, -0.2) is 38.6 Å². The molecule has 0 saturated heterocycles. The standard InChI is InChI=1S/C12H21N3.C10H16N2/c1-10-9-11(13)5-6-12(10)14-7-4-8-15(2)3;1-3-6-12-10-5-4-9(11)7-8(10)2/h5-6,9,14H,4,7-8,13H2,1-3H3;4-5,7,12H,3,6,11H2,1-2H3. The van der Waals surface area contributed by atoms with Crippen LogP contribution in [0.2, 0.25) is 0 Å². The van der Waals surface area contributed by atoms with Crippen molar-refractivity contribution < 1.29 is 0 Å². The first-order valence-corrected chi connectivity index (χ1v) is 9.68. The molecule has 6 N–H and O–H groups in total. The number of hydrogen-bond donors (Lipinski definition) is 4. The second kappa shape index (κ2) is 12.1. The second-order valence-corrected chi connectivity index (χ2v) is 7.16. The van der Waals surface area contributed by atoms with Gasteiger partial charge in [-0.25, -0.2) is 0 Å². The van der Waals surface area contributed by atoms with Crippen LogP contribution in [0.3, 0.4) is 0 Å². The largest absolute Gasteiger partial charge is 0.399 e. The van der Waals surface area contributed by atoms with E-state index < -0.39 is 0 Å². The summed E-state index contributed by atoms with van der Waals surface area (Å²) in [6.45, 7) is 9.42. The molecule has 0 fully saturated rings. The van der Waals surface area contributed by atoms with Crippen LogP contribution in [0.1, 0.15) is 30.9 Å². The number of aryl methyl sites for hydroxylation is 2. The van der Waals surface area contributed by atoms with Gasteiger partial charge in [0.25, 0.3) is 0 Å². The number of nitrogens with one attached hydrogen (secondary N) is 2. The van der Waals surface area contributed by atoms with E-state index in [1.807, 2.05) is 36.4 Å². The van der Waals surface area contributed by atoms with Gasteiger partial charge in [0.1, 0.15) is 0 Å². The molecule has 5 nitrogen and oxygen atoms in total. The highest BCUT2D eigenvalue weighted by atomic mass is 15.1. The van der Waals surface area contributed by atoms with Crippen LogP contribution in [0.15, 0.2) is 36.4 Å². The molecule has 27 heavy (non-hydrogen) atoms. The highest BCUT2D eigenvalue weighted by Crippen LogP contribution is 2.18. The number of nitrogens with zero attached hydrogens (tertiary/aromatic N) is 1. The zero-order valence-electron chi connectivity index (χ0n) is 17.6. The first-order chi connectivity index (χ1) is 12.8. The van der Waals surface area contributed by atoms with E-state index >= 15 is 0 Å². The number of nitrogens with two attached hydrogens (primary N) is 2. The molecule has 2 rings (SSSR count). The topological polar surface area (TPSA) is 79.3 Å². The number of benzene rings is 2. The quantitative estimate of drug-likeness (QED) is 0.410. The lowest BCUT2D eigenvalue weighted by atomic mass is 10.2. The lowest BCUT2D eigenvalue weighted by molar-refractivity contribution is 0.405. The number of anilines is 4. The van der Waals surface area contributed by atoms with Gasteiger partial charge in [-0.1, -0.05) is 6.92 Å². The van der Waals surface area contributed by atoms with E-state index in [1.165, 1.54) is 22.5 Å². The number of rotatable bonds is 8. The number of hydrogen-bond acceptors (Lipinski definition) is 5. The highest BCUT2D eigenvalue weighted by Gasteiger charge is 1.98. The normalized spacial score (nSPS) is 10.3.